The summed E-state index contributed by atoms with van der Waals surface area (Å²) in [6.07, 6.45) is 0. The maximum absolute atomic E-state index is 13.4. The van der Waals surface area contributed by atoms with Gasteiger partial charge in [-0.1, -0.05) is 19.1 Å². The summed E-state index contributed by atoms with van der Waals surface area (Å²) in [7, 11) is 0. The first kappa shape index (κ1) is 14.9. The fourth-order valence-corrected chi connectivity index (χ4v) is 2.43. The molecular formula is C15H22FN3O. The van der Waals surface area contributed by atoms with Gasteiger partial charge in [0.25, 0.3) is 0 Å². The Morgan fingerprint density at radius 2 is 2.25 bits per heavy atom. The average molecular weight is 279 g/mol. The van der Waals surface area contributed by atoms with Crippen LogP contribution in [0.3, 0.4) is 0 Å². The number of nitrogens with one attached hydrogen (secondary N) is 1. The van der Waals surface area contributed by atoms with Crippen LogP contribution in [0.15, 0.2) is 18.2 Å². The van der Waals surface area contributed by atoms with Crippen LogP contribution in [0, 0.1) is 18.7 Å². The number of hydrogen-bond donors (Lipinski definition) is 2. The Balaban J connectivity index is 1.79. The molecule has 1 heterocycles. The summed E-state index contributed by atoms with van der Waals surface area (Å²) in [5.41, 5.74) is 7.31. The minimum Gasteiger partial charge on any atom is -0.351 e. The van der Waals surface area contributed by atoms with Gasteiger partial charge in [-0.2, -0.15) is 0 Å². The standard InChI is InChI=1S/C15H22FN3O/c1-10-3-4-12(5-13(10)16)6-18-15(20)9-19-7-11(2)14(17)8-19/h3-5,11,14H,6-9,17H2,1-2H3,(H,18,20). The van der Waals surface area contributed by atoms with Crippen LogP contribution in [0.1, 0.15) is 18.1 Å². The highest BCUT2D eigenvalue weighted by Crippen LogP contribution is 2.13. The van der Waals surface area contributed by atoms with Crippen molar-refractivity contribution < 1.29 is 9.18 Å². The van der Waals surface area contributed by atoms with Gasteiger partial charge in [0, 0.05) is 25.7 Å². The highest BCUT2D eigenvalue weighted by Gasteiger charge is 2.27. The first-order valence-corrected chi connectivity index (χ1v) is 6.95. The second kappa shape index (κ2) is 6.33. The van der Waals surface area contributed by atoms with Crippen molar-refractivity contribution in [2.24, 2.45) is 11.7 Å². The first-order valence-electron chi connectivity index (χ1n) is 6.95. The molecule has 1 aromatic carbocycles. The minimum absolute atomic E-state index is 0.0488. The molecular weight excluding hydrogens is 257 g/mol. The number of nitrogens with zero attached hydrogens (tertiary/aromatic N) is 1. The molecule has 0 spiro atoms. The lowest BCUT2D eigenvalue weighted by Gasteiger charge is -2.15. The van der Waals surface area contributed by atoms with Gasteiger partial charge < -0.3 is 11.1 Å². The number of aryl methyl sites for hydroxylation is 1. The van der Waals surface area contributed by atoms with E-state index in [1.165, 1.54) is 6.07 Å². The number of carbonyl (C=O) groups excluding carboxylic acids is 1. The predicted octanol–water partition coefficient (Wildman–Crippen LogP) is 1.03. The number of hydrogen-bond acceptors (Lipinski definition) is 3. The van der Waals surface area contributed by atoms with Crippen molar-refractivity contribution in [1.82, 2.24) is 10.2 Å². The molecule has 1 aliphatic rings. The second-order valence-corrected chi connectivity index (χ2v) is 5.70. The Kier molecular flexibility index (Phi) is 4.73. The SMILES string of the molecule is Cc1ccc(CNC(=O)CN2CC(C)C(N)C2)cc1F. The van der Waals surface area contributed by atoms with Gasteiger partial charge in [-0.3, -0.25) is 9.69 Å². The van der Waals surface area contributed by atoms with Crippen molar-refractivity contribution in [3.63, 3.8) is 0 Å². The molecule has 1 fully saturated rings. The average Bonchev–Trinajstić information content (AvgIpc) is 2.70. The Bertz CT molecular complexity index is 482. The van der Waals surface area contributed by atoms with Gasteiger partial charge in [-0.05, 0) is 30.0 Å². The molecule has 1 saturated heterocycles. The van der Waals surface area contributed by atoms with Crippen molar-refractivity contribution in [3.05, 3.63) is 35.1 Å². The van der Waals surface area contributed by atoms with Crippen LogP contribution < -0.4 is 11.1 Å². The lowest BCUT2D eigenvalue weighted by molar-refractivity contribution is -0.122. The largest absolute Gasteiger partial charge is 0.351 e. The molecule has 0 saturated carbocycles. The molecule has 0 bridgehead atoms. The van der Waals surface area contributed by atoms with Gasteiger partial charge in [-0.15, -0.1) is 0 Å². The molecule has 0 radical (unpaired) electrons. The number of benzene rings is 1. The molecule has 0 aliphatic carbocycles. The number of rotatable bonds is 4. The molecule has 0 aromatic heterocycles. The van der Waals surface area contributed by atoms with E-state index in [-0.39, 0.29) is 17.8 Å². The molecule has 5 heteroatoms. The van der Waals surface area contributed by atoms with Crippen LogP contribution in [0.25, 0.3) is 0 Å². The third-order valence-corrected chi connectivity index (χ3v) is 3.84. The van der Waals surface area contributed by atoms with Gasteiger partial charge in [0.2, 0.25) is 5.91 Å². The van der Waals surface area contributed by atoms with Crippen molar-refractivity contribution in [3.8, 4) is 0 Å². The molecule has 20 heavy (non-hydrogen) atoms. The first-order chi connectivity index (χ1) is 9.45. The summed E-state index contributed by atoms with van der Waals surface area (Å²) in [5.74, 6) is 0.136. The van der Waals surface area contributed by atoms with Gasteiger partial charge in [-0.25, -0.2) is 4.39 Å². The molecule has 1 amide bonds. The van der Waals surface area contributed by atoms with E-state index in [4.69, 9.17) is 5.73 Å². The Hall–Kier alpha value is -1.46. The van der Waals surface area contributed by atoms with Gasteiger partial charge in [0.1, 0.15) is 5.82 Å². The summed E-state index contributed by atoms with van der Waals surface area (Å²) in [6, 6.07) is 5.16. The zero-order valence-corrected chi connectivity index (χ0v) is 12.0. The summed E-state index contributed by atoms with van der Waals surface area (Å²) in [6.45, 7) is 6.13. The zero-order valence-electron chi connectivity index (χ0n) is 12.0. The van der Waals surface area contributed by atoms with Crippen molar-refractivity contribution in [2.45, 2.75) is 26.4 Å². The smallest absolute Gasteiger partial charge is 0.234 e. The van der Waals surface area contributed by atoms with Crippen LogP contribution in [0.2, 0.25) is 0 Å². The molecule has 1 aliphatic heterocycles. The minimum atomic E-state index is -0.240. The highest BCUT2D eigenvalue weighted by atomic mass is 19.1. The fourth-order valence-electron chi connectivity index (χ4n) is 2.43. The number of carbonyl (C=O) groups is 1. The van der Waals surface area contributed by atoms with E-state index in [9.17, 15) is 9.18 Å². The van der Waals surface area contributed by atoms with Gasteiger partial charge >= 0.3 is 0 Å². The van der Waals surface area contributed by atoms with Gasteiger partial charge in [0.15, 0.2) is 0 Å². The van der Waals surface area contributed by atoms with Crippen LogP contribution in [-0.4, -0.2) is 36.5 Å². The van der Waals surface area contributed by atoms with Crippen LogP contribution in [0.5, 0.6) is 0 Å². The molecule has 2 atom stereocenters. The van der Waals surface area contributed by atoms with E-state index in [0.717, 1.165) is 18.7 Å². The molecule has 2 unspecified atom stereocenters. The predicted molar refractivity (Wildman–Crippen MR) is 76.6 cm³/mol. The monoisotopic (exact) mass is 279 g/mol. The molecule has 110 valence electrons. The van der Waals surface area contributed by atoms with E-state index in [2.05, 4.69) is 17.1 Å². The Morgan fingerprint density at radius 3 is 2.85 bits per heavy atom. The van der Waals surface area contributed by atoms with E-state index in [1.54, 1.807) is 13.0 Å². The van der Waals surface area contributed by atoms with Crippen LogP contribution in [-0.2, 0) is 11.3 Å². The topological polar surface area (TPSA) is 58.4 Å². The highest BCUT2D eigenvalue weighted by molar-refractivity contribution is 5.78. The zero-order chi connectivity index (χ0) is 14.7. The van der Waals surface area contributed by atoms with Crippen molar-refractivity contribution in [1.29, 1.82) is 0 Å². The third-order valence-electron chi connectivity index (χ3n) is 3.84. The molecule has 1 aromatic rings. The quantitative estimate of drug-likeness (QED) is 0.865. The van der Waals surface area contributed by atoms with Crippen LogP contribution in [0.4, 0.5) is 4.39 Å². The summed E-state index contributed by atoms with van der Waals surface area (Å²) >= 11 is 0. The van der Waals surface area contributed by atoms with Crippen LogP contribution >= 0.6 is 0 Å². The Morgan fingerprint density at radius 1 is 1.50 bits per heavy atom. The number of likely N-dealkylation sites (tertiary alicyclic amines) is 1. The van der Waals surface area contributed by atoms with E-state index >= 15 is 0 Å². The molecule has 3 N–H and O–H groups in total. The van der Waals surface area contributed by atoms with Crippen molar-refractivity contribution >= 4 is 5.91 Å². The number of nitrogens with two attached hydrogens (primary N) is 1. The molecule has 2 rings (SSSR count). The van der Waals surface area contributed by atoms with E-state index < -0.39 is 0 Å². The summed E-state index contributed by atoms with van der Waals surface area (Å²) in [5, 5.41) is 2.81. The summed E-state index contributed by atoms with van der Waals surface area (Å²) in [4.78, 5) is 13.9. The Labute approximate surface area is 119 Å². The second-order valence-electron chi connectivity index (χ2n) is 5.70. The molecule has 4 nitrogen and oxygen atoms in total. The van der Waals surface area contributed by atoms with Gasteiger partial charge in [0.05, 0.1) is 6.54 Å². The lowest BCUT2D eigenvalue weighted by Crippen LogP contribution is -2.37. The normalized spacial score (nSPS) is 23.0. The van der Waals surface area contributed by atoms with E-state index in [0.29, 0.717) is 24.6 Å². The van der Waals surface area contributed by atoms with Crippen molar-refractivity contribution in [2.75, 3.05) is 19.6 Å². The maximum atomic E-state index is 13.4. The number of halogens is 1. The maximum Gasteiger partial charge on any atom is 0.234 e. The lowest BCUT2D eigenvalue weighted by atomic mass is 10.1. The number of amides is 1. The summed E-state index contributed by atoms with van der Waals surface area (Å²) < 4.78 is 13.4. The third kappa shape index (κ3) is 3.77. The fraction of sp³-hybridized carbons (Fsp3) is 0.533. The van der Waals surface area contributed by atoms with E-state index in [1.807, 2.05) is 6.07 Å².